The van der Waals surface area contributed by atoms with Crippen molar-refractivity contribution in [3.63, 3.8) is 0 Å². The van der Waals surface area contributed by atoms with Crippen LogP contribution in [-0.2, 0) is 23.9 Å². The molecule has 2 amide bonds. The number of ether oxygens (including phenoxy) is 2. The minimum atomic E-state index is -0.678. The molecule has 0 heterocycles. The zero-order valence-corrected chi connectivity index (χ0v) is 16.3. The SMILES string of the molecule is COC(=O)c1ccc(NC(=O)CCC(=O)OCC(=O)Nc2cccc(Cl)c2)cc1. The first-order chi connectivity index (χ1) is 13.9. The highest BCUT2D eigenvalue weighted by molar-refractivity contribution is 6.30. The molecule has 2 aromatic rings. The van der Waals surface area contributed by atoms with Crippen molar-refractivity contribution >= 4 is 46.7 Å². The van der Waals surface area contributed by atoms with Crippen LogP contribution in [0.2, 0.25) is 5.02 Å². The standard InChI is InChI=1S/C20H19ClN2O6/c1-28-20(27)13-5-7-15(8-6-13)22-17(24)9-10-19(26)29-12-18(25)23-16-4-2-3-14(21)11-16/h2-8,11H,9-10,12H2,1H3,(H,22,24)(H,23,25). The highest BCUT2D eigenvalue weighted by Crippen LogP contribution is 2.15. The van der Waals surface area contributed by atoms with Gasteiger partial charge in [-0.05, 0) is 42.5 Å². The Morgan fingerprint density at radius 3 is 2.24 bits per heavy atom. The number of carbonyl (C=O) groups excluding carboxylic acids is 4. The Labute approximate surface area is 172 Å². The summed E-state index contributed by atoms with van der Waals surface area (Å²) in [5.74, 6) is -2.08. The van der Waals surface area contributed by atoms with E-state index in [0.29, 0.717) is 22.0 Å². The van der Waals surface area contributed by atoms with Gasteiger partial charge in [-0.15, -0.1) is 0 Å². The lowest BCUT2D eigenvalue weighted by Gasteiger charge is -2.08. The molecule has 0 aliphatic carbocycles. The number of rotatable bonds is 8. The van der Waals surface area contributed by atoms with E-state index in [2.05, 4.69) is 15.4 Å². The molecule has 0 spiro atoms. The molecule has 0 fully saturated rings. The normalized spacial score (nSPS) is 10.0. The maximum Gasteiger partial charge on any atom is 0.337 e. The molecule has 0 aliphatic rings. The van der Waals surface area contributed by atoms with Gasteiger partial charge in [0.2, 0.25) is 5.91 Å². The van der Waals surface area contributed by atoms with E-state index in [9.17, 15) is 19.2 Å². The fraction of sp³-hybridized carbons (Fsp3) is 0.200. The summed E-state index contributed by atoms with van der Waals surface area (Å²) in [6.07, 6.45) is -0.302. The van der Waals surface area contributed by atoms with Crippen LogP contribution in [0.15, 0.2) is 48.5 Å². The summed E-state index contributed by atoms with van der Waals surface area (Å²) in [5, 5.41) is 5.60. The van der Waals surface area contributed by atoms with Gasteiger partial charge in [-0.3, -0.25) is 14.4 Å². The van der Waals surface area contributed by atoms with E-state index in [1.165, 1.54) is 19.2 Å². The number of halogens is 1. The first-order valence-corrected chi connectivity index (χ1v) is 8.94. The zero-order valence-electron chi connectivity index (χ0n) is 15.6. The lowest BCUT2D eigenvalue weighted by atomic mass is 10.2. The van der Waals surface area contributed by atoms with Crippen LogP contribution in [0.4, 0.5) is 11.4 Å². The van der Waals surface area contributed by atoms with Crippen LogP contribution >= 0.6 is 11.6 Å². The molecule has 0 saturated carbocycles. The van der Waals surface area contributed by atoms with Crippen LogP contribution in [0.3, 0.4) is 0 Å². The third-order valence-electron chi connectivity index (χ3n) is 3.62. The molecule has 152 valence electrons. The van der Waals surface area contributed by atoms with Gasteiger partial charge >= 0.3 is 11.9 Å². The van der Waals surface area contributed by atoms with Crippen molar-refractivity contribution in [2.75, 3.05) is 24.4 Å². The maximum absolute atomic E-state index is 11.9. The number of nitrogens with one attached hydrogen (secondary N) is 2. The highest BCUT2D eigenvalue weighted by atomic mass is 35.5. The second-order valence-corrected chi connectivity index (χ2v) is 6.27. The molecule has 0 saturated heterocycles. The lowest BCUT2D eigenvalue weighted by molar-refractivity contribution is -0.147. The second-order valence-electron chi connectivity index (χ2n) is 5.84. The van der Waals surface area contributed by atoms with E-state index < -0.39 is 30.4 Å². The van der Waals surface area contributed by atoms with Gasteiger partial charge in [-0.25, -0.2) is 4.79 Å². The largest absolute Gasteiger partial charge is 0.465 e. The predicted octanol–water partition coefficient (Wildman–Crippen LogP) is 3.03. The van der Waals surface area contributed by atoms with Crippen molar-refractivity contribution in [1.82, 2.24) is 0 Å². The molecule has 0 bridgehead atoms. The number of hydrogen-bond donors (Lipinski definition) is 2. The first-order valence-electron chi connectivity index (χ1n) is 8.56. The Bertz CT molecular complexity index is 898. The molecule has 0 aromatic heterocycles. The van der Waals surface area contributed by atoms with Gasteiger partial charge in [0.15, 0.2) is 6.61 Å². The van der Waals surface area contributed by atoms with E-state index in [0.717, 1.165) is 0 Å². The Kier molecular flexibility index (Phi) is 8.17. The third kappa shape index (κ3) is 7.63. The van der Waals surface area contributed by atoms with Crippen molar-refractivity contribution in [3.05, 3.63) is 59.1 Å². The van der Waals surface area contributed by atoms with Crippen molar-refractivity contribution in [2.45, 2.75) is 12.8 Å². The number of hydrogen-bond acceptors (Lipinski definition) is 6. The molecular formula is C20H19ClN2O6. The van der Waals surface area contributed by atoms with Gasteiger partial charge in [-0.2, -0.15) is 0 Å². The third-order valence-corrected chi connectivity index (χ3v) is 3.85. The summed E-state index contributed by atoms with van der Waals surface area (Å²) in [6.45, 7) is -0.470. The smallest absolute Gasteiger partial charge is 0.337 e. The van der Waals surface area contributed by atoms with Crippen LogP contribution in [0.1, 0.15) is 23.2 Å². The summed E-state index contributed by atoms with van der Waals surface area (Å²) < 4.78 is 9.43. The Balaban J connectivity index is 1.69. The molecule has 29 heavy (non-hydrogen) atoms. The molecule has 2 aromatic carbocycles. The summed E-state index contributed by atoms with van der Waals surface area (Å²) in [5.41, 5.74) is 1.30. The molecule has 0 unspecified atom stereocenters. The number of esters is 2. The van der Waals surface area contributed by atoms with Crippen molar-refractivity contribution in [3.8, 4) is 0 Å². The fourth-order valence-electron chi connectivity index (χ4n) is 2.23. The van der Waals surface area contributed by atoms with Gasteiger partial charge in [0.25, 0.3) is 5.91 Å². The molecule has 2 rings (SSSR count). The zero-order chi connectivity index (χ0) is 21.2. The average Bonchev–Trinajstić information content (AvgIpc) is 2.70. The number of benzene rings is 2. The quantitative estimate of drug-likeness (QED) is 0.637. The van der Waals surface area contributed by atoms with E-state index in [4.69, 9.17) is 16.3 Å². The van der Waals surface area contributed by atoms with Crippen LogP contribution in [0.25, 0.3) is 0 Å². The molecular weight excluding hydrogens is 400 g/mol. The molecule has 2 N–H and O–H groups in total. The minimum Gasteiger partial charge on any atom is -0.465 e. The molecule has 0 radical (unpaired) electrons. The van der Waals surface area contributed by atoms with Crippen molar-refractivity contribution < 1.29 is 28.7 Å². The second kappa shape index (κ2) is 10.8. The van der Waals surface area contributed by atoms with E-state index in [1.807, 2.05) is 0 Å². The molecule has 0 atom stereocenters. The first kappa shape index (κ1) is 21.9. The van der Waals surface area contributed by atoms with E-state index in [1.54, 1.807) is 36.4 Å². The number of carbonyl (C=O) groups is 4. The minimum absolute atomic E-state index is 0.118. The number of anilines is 2. The maximum atomic E-state index is 11.9. The monoisotopic (exact) mass is 418 g/mol. The van der Waals surface area contributed by atoms with Gasteiger partial charge in [-0.1, -0.05) is 17.7 Å². The summed E-state index contributed by atoms with van der Waals surface area (Å²) in [4.78, 5) is 46.7. The van der Waals surface area contributed by atoms with Gasteiger partial charge in [0.05, 0.1) is 19.1 Å². The van der Waals surface area contributed by atoms with Gasteiger partial charge in [0.1, 0.15) is 0 Å². The van der Waals surface area contributed by atoms with Crippen molar-refractivity contribution in [2.24, 2.45) is 0 Å². The van der Waals surface area contributed by atoms with E-state index >= 15 is 0 Å². The summed E-state index contributed by atoms with van der Waals surface area (Å²) in [7, 11) is 1.28. The van der Waals surface area contributed by atoms with Crippen LogP contribution < -0.4 is 10.6 Å². The average molecular weight is 419 g/mol. The molecule has 9 heteroatoms. The topological polar surface area (TPSA) is 111 Å². The van der Waals surface area contributed by atoms with Crippen LogP contribution in [0, 0.1) is 0 Å². The van der Waals surface area contributed by atoms with Gasteiger partial charge in [0, 0.05) is 22.8 Å². The Morgan fingerprint density at radius 2 is 1.59 bits per heavy atom. The fourth-order valence-corrected chi connectivity index (χ4v) is 2.42. The van der Waals surface area contributed by atoms with Crippen molar-refractivity contribution in [1.29, 1.82) is 0 Å². The van der Waals surface area contributed by atoms with E-state index in [-0.39, 0.29) is 12.8 Å². The predicted molar refractivity (Wildman–Crippen MR) is 107 cm³/mol. The molecule has 8 nitrogen and oxygen atoms in total. The lowest BCUT2D eigenvalue weighted by Crippen LogP contribution is -2.21. The summed E-state index contributed by atoms with van der Waals surface area (Å²) >= 11 is 5.82. The van der Waals surface area contributed by atoms with Crippen LogP contribution in [0.5, 0.6) is 0 Å². The highest BCUT2D eigenvalue weighted by Gasteiger charge is 2.12. The number of methoxy groups -OCH3 is 1. The number of amides is 2. The Hall–Kier alpha value is -3.39. The molecule has 0 aliphatic heterocycles. The van der Waals surface area contributed by atoms with Crippen LogP contribution in [-0.4, -0.2) is 37.5 Å². The summed E-state index contributed by atoms with van der Waals surface area (Å²) in [6, 6.07) is 12.6. The Morgan fingerprint density at radius 1 is 0.897 bits per heavy atom. The van der Waals surface area contributed by atoms with Gasteiger partial charge < -0.3 is 20.1 Å².